The van der Waals surface area contributed by atoms with Crippen LogP contribution in [0.3, 0.4) is 0 Å². The Hall–Kier alpha value is -2.50. The molecule has 2 aromatic rings. The van der Waals surface area contributed by atoms with Crippen LogP contribution in [-0.4, -0.2) is 54.3 Å². The van der Waals surface area contributed by atoms with Gasteiger partial charge in [-0.2, -0.15) is 0 Å². The number of hydrogen-bond acceptors (Lipinski definition) is 4. The normalized spacial score (nSPS) is 17.8. The molecule has 1 saturated heterocycles. The fraction of sp³-hybridized carbons (Fsp3) is 0.364. The molecular formula is C22H25N3O2. The van der Waals surface area contributed by atoms with Crippen LogP contribution in [0.15, 0.2) is 48.5 Å². The summed E-state index contributed by atoms with van der Waals surface area (Å²) in [4.78, 5) is 28.8. The van der Waals surface area contributed by atoms with Crippen molar-refractivity contribution in [3.63, 3.8) is 0 Å². The highest BCUT2D eigenvalue weighted by Crippen LogP contribution is 2.21. The van der Waals surface area contributed by atoms with Crippen molar-refractivity contribution < 1.29 is 9.59 Å². The summed E-state index contributed by atoms with van der Waals surface area (Å²) < 4.78 is 0. The number of imide groups is 1. The van der Waals surface area contributed by atoms with Crippen molar-refractivity contribution in [3.05, 3.63) is 70.8 Å². The molecule has 1 N–H and O–H groups in total. The second-order valence-corrected chi connectivity index (χ2v) is 7.33. The first-order valence-corrected chi connectivity index (χ1v) is 9.67. The molecular weight excluding hydrogens is 338 g/mol. The molecule has 4 rings (SSSR count). The van der Waals surface area contributed by atoms with Crippen molar-refractivity contribution in [1.29, 1.82) is 0 Å². The van der Waals surface area contributed by atoms with Gasteiger partial charge in [0.2, 0.25) is 0 Å². The second-order valence-electron chi connectivity index (χ2n) is 7.33. The van der Waals surface area contributed by atoms with Crippen molar-refractivity contribution in [2.75, 3.05) is 32.7 Å². The van der Waals surface area contributed by atoms with Gasteiger partial charge in [0.25, 0.3) is 11.8 Å². The molecule has 0 aliphatic carbocycles. The van der Waals surface area contributed by atoms with E-state index in [0.29, 0.717) is 11.1 Å². The molecule has 2 aromatic carbocycles. The predicted octanol–water partition coefficient (Wildman–Crippen LogP) is 2.32. The maximum Gasteiger partial charge on any atom is 0.259 e. The molecule has 0 bridgehead atoms. The Morgan fingerprint density at radius 2 is 1.56 bits per heavy atom. The van der Waals surface area contributed by atoms with Crippen LogP contribution in [0.2, 0.25) is 0 Å². The summed E-state index contributed by atoms with van der Waals surface area (Å²) in [5.74, 6) is -0.522. The molecule has 2 aliphatic heterocycles. The van der Waals surface area contributed by atoms with E-state index >= 15 is 0 Å². The third kappa shape index (κ3) is 4.10. The maximum atomic E-state index is 12.0. The number of carbonyl (C=O) groups is 2. The van der Waals surface area contributed by atoms with Crippen LogP contribution in [0.25, 0.3) is 0 Å². The van der Waals surface area contributed by atoms with E-state index in [0.717, 1.165) is 57.7 Å². The topological polar surface area (TPSA) is 52.7 Å². The lowest BCUT2D eigenvalue weighted by Gasteiger charge is -2.34. The van der Waals surface area contributed by atoms with Crippen LogP contribution in [0, 0.1) is 0 Å². The first-order chi connectivity index (χ1) is 13.2. The van der Waals surface area contributed by atoms with Gasteiger partial charge >= 0.3 is 0 Å². The smallest absolute Gasteiger partial charge is 0.259 e. The Balaban J connectivity index is 1.25. The van der Waals surface area contributed by atoms with Crippen LogP contribution in [-0.2, 0) is 13.0 Å². The Labute approximate surface area is 160 Å². The van der Waals surface area contributed by atoms with E-state index in [-0.39, 0.29) is 11.8 Å². The average molecular weight is 363 g/mol. The SMILES string of the molecule is O=C1NC(=O)c2c(CCCN3CCN(Cc4ccccc4)CC3)cccc21. The third-order valence-electron chi connectivity index (χ3n) is 5.48. The zero-order valence-corrected chi connectivity index (χ0v) is 15.5. The number of piperazine rings is 1. The Kier molecular flexibility index (Phi) is 5.32. The lowest BCUT2D eigenvalue weighted by Crippen LogP contribution is -2.46. The van der Waals surface area contributed by atoms with Crippen LogP contribution in [0.4, 0.5) is 0 Å². The third-order valence-corrected chi connectivity index (χ3v) is 5.48. The van der Waals surface area contributed by atoms with Crippen molar-refractivity contribution >= 4 is 11.8 Å². The van der Waals surface area contributed by atoms with E-state index < -0.39 is 0 Å². The van der Waals surface area contributed by atoms with Crippen LogP contribution >= 0.6 is 0 Å². The van der Waals surface area contributed by atoms with Gasteiger partial charge in [-0.15, -0.1) is 0 Å². The summed E-state index contributed by atoms with van der Waals surface area (Å²) in [6, 6.07) is 16.2. The van der Waals surface area contributed by atoms with Crippen LogP contribution < -0.4 is 5.32 Å². The molecule has 0 saturated carbocycles. The highest BCUT2D eigenvalue weighted by molar-refractivity contribution is 6.22. The van der Waals surface area contributed by atoms with Gasteiger partial charge in [-0.1, -0.05) is 42.5 Å². The van der Waals surface area contributed by atoms with Crippen LogP contribution in [0.5, 0.6) is 0 Å². The molecule has 0 radical (unpaired) electrons. The molecule has 140 valence electrons. The number of hydrogen-bond donors (Lipinski definition) is 1. The monoisotopic (exact) mass is 363 g/mol. The number of nitrogens with zero attached hydrogens (tertiary/aromatic N) is 2. The van der Waals surface area contributed by atoms with Gasteiger partial charge in [-0.05, 0) is 36.6 Å². The average Bonchev–Trinajstić information content (AvgIpc) is 2.99. The fourth-order valence-electron chi connectivity index (χ4n) is 4.00. The Bertz CT molecular complexity index is 827. The van der Waals surface area contributed by atoms with E-state index in [4.69, 9.17) is 0 Å². The zero-order valence-electron chi connectivity index (χ0n) is 15.5. The summed E-state index contributed by atoms with van der Waals surface area (Å²) in [5.41, 5.74) is 3.46. The van der Waals surface area contributed by atoms with Gasteiger partial charge < -0.3 is 4.90 Å². The van der Waals surface area contributed by atoms with Crippen molar-refractivity contribution in [1.82, 2.24) is 15.1 Å². The van der Waals surface area contributed by atoms with Gasteiger partial charge in [0, 0.05) is 32.7 Å². The minimum absolute atomic E-state index is 0.250. The summed E-state index contributed by atoms with van der Waals surface area (Å²) in [7, 11) is 0. The number of carbonyl (C=O) groups excluding carboxylic acids is 2. The summed E-state index contributed by atoms with van der Waals surface area (Å²) in [5, 5.41) is 2.39. The number of rotatable bonds is 6. The molecule has 0 atom stereocenters. The van der Waals surface area contributed by atoms with Crippen molar-refractivity contribution in [3.8, 4) is 0 Å². The van der Waals surface area contributed by atoms with Gasteiger partial charge in [-0.25, -0.2) is 0 Å². The Morgan fingerprint density at radius 1 is 0.815 bits per heavy atom. The molecule has 27 heavy (non-hydrogen) atoms. The number of nitrogens with one attached hydrogen (secondary N) is 1. The van der Waals surface area contributed by atoms with Gasteiger partial charge in [0.05, 0.1) is 11.1 Å². The molecule has 1 fully saturated rings. The zero-order chi connectivity index (χ0) is 18.6. The molecule has 0 unspecified atom stereocenters. The number of aryl methyl sites for hydroxylation is 1. The minimum Gasteiger partial charge on any atom is -0.301 e. The summed E-state index contributed by atoms with van der Waals surface area (Å²) in [6.07, 6.45) is 1.82. The highest BCUT2D eigenvalue weighted by atomic mass is 16.2. The van der Waals surface area contributed by atoms with Crippen LogP contribution in [0.1, 0.15) is 38.3 Å². The molecule has 0 aromatic heterocycles. The number of amides is 2. The molecule has 2 heterocycles. The number of benzene rings is 2. The lowest BCUT2D eigenvalue weighted by molar-refractivity contribution is 0.0879. The first kappa shape index (κ1) is 17.9. The van der Waals surface area contributed by atoms with Crippen molar-refractivity contribution in [2.24, 2.45) is 0 Å². The summed E-state index contributed by atoms with van der Waals surface area (Å²) >= 11 is 0. The van der Waals surface area contributed by atoms with E-state index in [9.17, 15) is 9.59 Å². The minimum atomic E-state index is -0.272. The van der Waals surface area contributed by atoms with Gasteiger partial charge in [-0.3, -0.25) is 19.8 Å². The standard InChI is InChI=1S/C22H25N3O2/c26-21-19-10-4-8-18(20(19)22(27)23-21)9-5-11-24-12-14-25(15-13-24)16-17-6-2-1-3-7-17/h1-4,6-8,10H,5,9,11-16H2,(H,23,26,27). The molecule has 2 aliphatic rings. The quantitative estimate of drug-likeness (QED) is 0.801. The van der Waals surface area contributed by atoms with Gasteiger partial charge in [0.15, 0.2) is 0 Å². The van der Waals surface area contributed by atoms with E-state index in [1.54, 1.807) is 6.07 Å². The predicted molar refractivity (Wildman–Crippen MR) is 105 cm³/mol. The number of fused-ring (bicyclic) bond motifs is 1. The maximum absolute atomic E-state index is 12.0. The summed E-state index contributed by atoms with van der Waals surface area (Å²) in [6.45, 7) is 6.39. The van der Waals surface area contributed by atoms with Gasteiger partial charge in [0.1, 0.15) is 0 Å². The van der Waals surface area contributed by atoms with Crippen molar-refractivity contribution in [2.45, 2.75) is 19.4 Å². The van der Waals surface area contributed by atoms with E-state index in [2.05, 4.69) is 45.4 Å². The van der Waals surface area contributed by atoms with E-state index in [1.165, 1.54) is 5.56 Å². The lowest BCUT2D eigenvalue weighted by atomic mass is 9.99. The largest absolute Gasteiger partial charge is 0.301 e. The molecule has 5 heteroatoms. The molecule has 0 spiro atoms. The second kappa shape index (κ2) is 8.03. The molecule has 5 nitrogen and oxygen atoms in total. The molecule has 2 amide bonds. The van der Waals surface area contributed by atoms with E-state index in [1.807, 2.05) is 12.1 Å². The first-order valence-electron chi connectivity index (χ1n) is 9.67. The fourth-order valence-corrected chi connectivity index (χ4v) is 4.00. The highest BCUT2D eigenvalue weighted by Gasteiger charge is 2.28. The Morgan fingerprint density at radius 3 is 2.33 bits per heavy atom.